The summed E-state index contributed by atoms with van der Waals surface area (Å²) in [7, 11) is -4.43. The van der Waals surface area contributed by atoms with E-state index >= 15 is 0 Å². The smallest absolute Gasteiger partial charge is 0.372 e. The van der Waals surface area contributed by atoms with E-state index < -0.39 is 26.7 Å². The number of sulfonamides is 1. The average Bonchev–Trinajstić information content (AvgIpc) is 2.70. The zero-order valence-corrected chi connectivity index (χ0v) is 14.6. The molecule has 4 nitrogen and oxygen atoms in total. The number of benzene rings is 1. The van der Waals surface area contributed by atoms with Crippen LogP contribution in [0, 0.1) is 11.8 Å². The number of halogens is 3. The SMILES string of the molecule is CC(C)C1CCCN(c2ccc(S(N)(=O)=O)c(C(F)(F)F)c2)CC1. The maximum Gasteiger partial charge on any atom is 0.417 e. The number of nitrogens with zero attached hydrogens (tertiary/aromatic N) is 1. The number of primary sulfonamides is 1. The van der Waals surface area contributed by atoms with Gasteiger partial charge < -0.3 is 4.90 Å². The van der Waals surface area contributed by atoms with Gasteiger partial charge in [0, 0.05) is 18.8 Å². The highest BCUT2D eigenvalue weighted by molar-refractivity contribution is 7.89. The van der Waals surface area contributed by atoms with Gasteiger partial charge in [0.25, 0.3) is 0 Å². The second kappa shape index (κ2) is 6.92. The number of hydrogen-bond donors (Lipinski definition) is 1. The van der Waals surface area contributed by atoms with E-state index in [0.29, 0.717) is 30.6 Å². The van der Waals surface area contributed by atoms with Crippen LogP contribution >= 0.6 is 0 Å². The first-order chi connectivity index (χ1) is 11.0. The summed E-state index contributed by atoms with van der Waals surface area (Å²) in [5.41, 5.74) is -0.814. The molecule has 0 amide bonds. The van der Waals surface area contributed by atoms with E-state index in [9.17, 15) is 21.6 Å². The number of nitrogens with two attached hydrogens (primary N) is 1. The van der Waals surface area contributed by atoms with Crippen molar-refractivity contribution in [1.82, 2.24) is 0 Å². The first kappa shape index (κ1) is 19.1. The molecule has 0 bridgehead atoms. The molecule has 2 N–H and O–H groups in total. The van der Waals surface area contributed by atoms with Crippen molar-refractivity contribution in [3.63, 3.8) is 0 Å². The molecular formula is C16H23F3N2O2S. The van der Waals surface area contributed by atoms with Crippen LogP contribution in [-0.4, -0.2) is 21.5 Å². The largest absolute Gasteiger partial charge is 0.417 e. The van der Waals surface area contributed by atoms with Crippen molar-refractivity contribution in [2.45, 2.75) is 44.2 Å². The molecule has 0 aliphatic carbocycles. The van der Waals surface area contributed by atoms with Crippen molar-refractivity contribution in [1.29, 1.82) is 0 Å². The quantitative estimate of drug-likeness (QED) is 0.891. The van der Waals surface area contributed by atoms with Crippen LogP contribution < -0.4 is 10.0 Å². The minimum Gasteiger partial charge on any atom is -0.372 e. The highest BCUT2D eigenvalue weighted by atomic mass is 32.2. The monoisotopic (exact) mass is 364 g/mol. The molecule has 0 aromatic heterocycles. The number of anilines is 1. The summed E-state index contributed by atoms with van der Waals surface area (Å²) in [6.07, 6.45) is -1.91. The van der Waals surface area contributed by atoms with Gasteiger partial charge in [0.15, 0.2) is 0 Å². The Labute approximate surface area is 140 Å². The maximum absolute atomic E-state index is 13.2. The van der Waals surface area contributed by atoms with Gasteiger partial charge in [-0.05, 0) is 49.3 Å². The van der Waals surface area contributed by atoms with Gasteiger partial charge in [-0.25, -0.2) is 13.6 Å². The van der Waals surface area contributed by atoms with Crippen molar-refractivity contribution in [2.75, 3.05) is 18.0 Å². The third-order valence-electron chi connectivity index (χ3n) is 4.66. The van der Waals surface area contributed by atoms with E-state index in [4.69, 9.17) is 5.14 Å². The fourth-order valence-electron chi connectivity index (χ4n) is 3.23. The van der Waals surface area contributed by atoms with E-state index in [1.807, 2.05) is 4.90 Å². The van der Waals surface area contributed by atoms with Crippen LogP contribution in [0.5, 0.6) is 0 Å². The molecule has 2 rings (SSSR count). The maximum atomic E-state index is 13.2. The summed E-state index contributed by atoms with van der Waals surface area (Å²) in [5.74, 6) is 1.10. The zero-order valence-electron chi connectivity index (χ0n) is 13.8. The van der Waals surface area contributed by atoms with Crippen molar-refractivity contribution < 1.29 is 21.6 Å². The molecule has 0 saturated carbocycles. The lowest BCUT2D eigenvalue weighted by molar-refractivity contribution is -0.139. The lowest BCUT2D eigenvalue weighted by Crippen LogP contribution is -2.26. The van der Waals surface area contributed by atoms with Crippen LogP contribution in [0.2, 0.25) is 0 Å². The molecule has 1 heterocycles. The van der Waals surface area contributed by atoms with Gasteiger partial charge in [-0.2, -0.15) is 13.2 Å². The molecule has 0 radical (unpaired) electrons. The van der Waals surface area contributed by atoms with Crippen LogP contribution in [0.3, 0.4) is 0 Å². The van der Waals surface area contributed by atoms with Gasteiger partial charge in [0.05, 0.1) is 10.5 Å². The Balaban J connectivity index is 2.35. The lowest BCUT2D eigenvalue weighted by atomic mass is 9.89. The Morgan fingerprint density at radius 2 is 1.88 bits per heavy atom. The van der Waals surface area contributed by atoms with Crippen molar-refractivity contribution in [2.24, 2.45) is 17.0 Å². The first-order valence-electron chi connectivity index (χ1n) is 7.99. The van der Waals surface area contributed by atoms with Crippen LogP contribution in [0.15, 0.2) is 23.1 Å². The average molecular weight is 364 g/mol. The Bertz CT molecular complexity index is 687. The van der Waals surface area contributed by atoms with Gasteiger partial charge in [-0.15, -0.1) is 0 Å². The molecular weight excluding hydrogens is 341 g/mol. The van der Waals surface area contributed by atoms with Crippen LogP contribution in [0.1, 0.15) is 38.7 Å². The van der Waals surface area contributed by atoms with E-state index in [2.05, 4.69) is 13.8 Å². The third kappa shape index (κ3) is 4.42. The zero-order chi connectivity index (χ0) is 18.1. The molecule has 1 fully saturated rings. The Morgan fingerprint density at radius 3 is 2.42 bits per heavy atom. The highest BCUT2D eigenvalue weighted by Gasteiger charge is 2.37. The molecule has 1 aliphatic heterocycles. The Hall–Kier alpha value is -1.28. The van der Waals surface area contributed by atoms with Crippen molar-refractivity contribution in [3.05, 3.63) is 23.8 Å². The summed E-state index contributed by atoms with van der Waals surface area (Å²) in [6, 6.07) is 3.26. The Kier molecular flexibility index (Phi) is 5.49. The van der Waals surface area contributed by atoms with Gasteiger partial charge >= 0.3 is 6.18 Å². The van der Waals surface area contributed by atoms with Gasteiger partial charge in [0.1, 0.15) is 0 Å². The topological polar surface area (TPSA) is 63.4 Å². The molecule has 1 atom stereocenters. The molecule has 1 aromatic rings. The van der Waals surface area contributed by atoms with Crippen LogP contribution in [0.25, 0.3) is 0 Å². The lowest BCUT2D eigenvalue weighted by Gasteiger charge is -2.25. The number of alkyl halides is 3. The summed E-state index contributed by atoms with van der Waals surface area (Å²) in [6.45, 7) is 5.63. The second-order valence-corrected chi connectivity index (χ2v) is 8.18. The predicted molar refractivity (Wildman–Crippen MR) is 87.2 cm³/mol. The molecule has 136 valence electrons. The molecule has 0 spiro atoms. The first-order valence-corrected chi connectivity index (χ1v) is 9.54. The van der Waals surface area contributed by atoms with Crippen molar-refractivity contribution >= 4 is 15.7 Å². The van der Waals surface area contributed by atoms with Gasteiger partial charge in [0.2, 0.25) is 10.0 Å². The fraction of sp³-hybridized carbons (Fsp3) is 0.625. The third-order valence-corrected chi connectivity index (χ3v) is 5.62. The normalized spacial score (nSPS) is 20.3. The number of hydrogen-bond acceptors (Lipinski definition) is 3. The molecule has 1 aliphatic rings. The highest BCUT2D eigenvalue weighted by Crippen LogP contribution is 2.37. The molecule has 1 aromatic carbocycles. The molecule has 1 unspecified atom stereocenters. The predicted octanol–water partition coefficient (Wildman–Crippen LogP) is 3.62. The molecule has 8 heteroatoms. The minimum atomic E-state index is -4.77. The Morgan fingerprint density at radius 1 is 1.21 bits per heavy atom. The van der Waals surface area contributed by atoms with E-state index in [1.54, 1.807) is 0 Å². The van der Waals surface area contributed by atoms with Gasteiger partial charge in [-0.3, -0.25) is 0 Å². The summed E-state index contributed by atoms with van der Waals surface area (Å²) in [5, 5.41) is 4.92. The summed E-state index contributed by atoms with van der Waals surface area (Å²) >= 11 is 0. The molecule has 1 saturated heterocycles. The van der Waals surface area contributed by atoms with Crippen molar-refractivity contribution in [3.8, 4) is 0 Å². The van der Waals surface area contributed by atoms with E-state index in [0.717, 1.165) is 31.4 Å². The van der Waals surface area contributed by atoms with E-state index in [-0.39, 0.29) is 0 Å². The summed E-state index contributed by atoms with van der Waals surface area (Å²) in [4.78, 5) is 1.01. The van der Waals surface area contributed by atoms with E-state index in [1.165, 1.54) is 6.07 Å². The molecule has 24 heavy (non-hydrogen) atoms. The second-order valence-electron chi connectivity index (χ2n) is 6.65. The number of rotatable bonds is 3. The minimum absolute atomic E-state index is 0.388. The fourth-order valence-corrected chi connectivity index (χ4v) is 3.97. The van der Waals surface area contributed by atoms with Crippen LogP contribution in [-0.2, 0) is 16.2 Å². The van der Waals surface area contributed by atoms with Crippen LogP contribution in [0.4, 0.5) is 18.9 Å². The van der Waals surface area contributed by atoms with Gasteiger partial charge in [-0.1, -0.05) is 13.8 Å². The summed E-state index contributed by atoms with van der Waals surface area (Å²) < 4.78 is 62.6. The standard InChI is InChI=1S/C16H23F3N2O2S/c1-11(2)12-4-3-8-21(9-7-12)13-5-6-15(24(20,22)23)14(10-13)16(17,18)19/h5-6,10-12H,3-4,7-9H2,1-2H3,(H2,20,22,23).